The van der Waals surface area contributed by atoms with E-state index in [9.17, 15) is 24.9 Å². The summed E-state index contributed by atoms with van der Waals surface area (Å²) in [5, 5.41) is 32.3. The van der Waals surface area contributed by atoms with Crippen molar-refractivity contribution in [3.63, 3.8) is 0 Å². The summed E-state index contributed by atoms with van der Waals surface area (Å²) in [5.74, 6) is -1.45. The zero-order valence-electron chi connectivity index (χ0n) is 18.3. The lowest BCUT2D eigenvalue weighted by molar-refractivity contribution is -0.140. The number of ether oxygens (including phenoxy) is 1. The van der Waals surface area contributed by atoms with Crippen LogP contribution in [-0.2, 0) is 20.9 Å². The van der Waals surface area contributed by atoms with E-state index in [1.54, 1.807) is 7.05 Å². The Morgan fingerprint density at radius 3 is 2.41 bits per heavy atom. The molecule has 1 aliphatic heterocycles. The number of aryl methyl sites for hydroxylation is 1. The molecular formula is C21H31N5O6. The van der Waals surface area contributed by atoms with Crippen LogP contribution in [0.1, 0.15) is 18.1 Å². The molecule has 0 spiro atoms. The second kappa shape index (κ2) is 10.9. The molecule has 2 amide bonds. The van der Waals surface area contributed by atoms with Crippen LogP contribution in [0.2, 0.25) is 0 Å². The zero-order valence-corrected chi connectivity index (χ0v) is 18.3. The first kappa shape index (κ1) is 25.1. The molecule has 1 aromatic carbocycles. The van der Waals surface area contributed by atoms with Crippen molar-refractivity contribution in [1.82, 2.24) is 10.2 Å². The van der Waals surface area contributed by atoms with E-state index < -0.39 is 48.8 Å². The van der Waals surface area contributed by atoms with Crippen LogP contribution in [0.3, 0.4) is 0 Å². The van der Waals surface area contributed by atoms with Crippen LogP contribution in [0.4, 0.5) is 0 Å². The van der Waals surface area contributed by atoms with E-state index in [0.717, 1.165) is 11.1 Å². The van der Waals surface area contributed by atoms with Crippen molar-refractivity contribution in [3.05, 3.63) is 47.2 Å². The van der Waals surface area contributed by atoms with E-state index in [1.165, 1.54) is 17.9 Å². The topological polar surface area (TPSA) is 184 Å². The normalized spacial score (nSPS) is 22.1. The third-order valence-electron chi connectivity index (χ3n) is 4.99. The first-order valence-electron chi connectivity index (χ1n) is 10.1. The minimum Gasteiger partial charge on any atom is -0.480 e. The number of aliphatic hydroxyl groups is 3. The number of nitrogens with one attached hydrogen (secondary N) is 1. The van der Waals surface area contributed by atoms with E-state index >= 15 is 0 Å². The summed E-state index contributed by atoms with van der Waals surface area (Å²) in [6, 6.07) is 5.68. The van der Waals surface area contributed by atoms with Gasteiger partial charge in [-0.1, -0.05) is 29.8 Å². The lowest BCUT2D eigenvalue weighted by Gasteiger charge is -2.39. The van der Waals surface area contributed by atoms with Gasteiger partial charge in [-0.25, -0.2) is 4.99 Å². The number of likely N-dealkylation sites (N-methyl/N-ethyl adjacent to an activating group) is 1. The number of carbonyl (C=O) groups excluding carboxylic acids is 2. The Labute approximate surface area is 186 Å². The highest BCUT2D eigenvalue weighted by Gasteiger charge is 2.44. The minimum absolute atomic E-state index is 0.162. The van der Waals surface area contributed by atoms with Crippen molar-refractivity contribution < 1.29 is 29.6 Å². The predicted octanol–water partition coefficient (Wildman–Crippen LogP) is -1.90. The fourth-order valence-electron chi connectivity index (χ4n) is 3.36. The number of hydrogen-bond acceptors (Lipinski definition) is 7. The van der Waals surface area contributed by atoms with Crippen LogP contribution < -0.4 is 16.8 Å². The lowest BCUT2D eigenvalue weighted by atomic mass is 9.92. The first-order chi connectivity index (χ1) is 15.0. The number of amides is 2. The van der Waals surface area contributed by atoms with E-state index in [-0.39, 0.29) is 18.3 Å². The first-order valence-corrected chi connectivity index (χ1v) is 10.1. The number of rotatable bonds is 8. The highest BCUT2D eigenvalue weighted by molar-refractivity contribution is 5.92. The smallest absolute Gasteiger partial charge is 0.288 e. The fourth-order valence-corrected chi connectivity index (χ4v) is 3.36. The van der Waals surface area contributed by atoms with Crippen LogP contribution >= 0.6 is 0 Å². The van der Waals surface area contributed by atoms with Gasteiger partial charge >= 0.3 is 0 Å². The number of aliphatic hydroxyl groups excluding tert-OH is 3. The van der Waals surface area contributed by atoms with Crippen LogP contribution in [0.25, 0.3) is 0 Å². The second-order valence-electron chi connectivity index (χ2n) is 7.77. The molecule has 1 heterocycles. The standard InChI is InChI=1S/C21H31N5O6/c1-11-4-6-13(7-5-11)9-26(3)20(31)16-8-14(25-21(22)23)17(24-12(2)28)19(32-16)18(30)15(29)10-27/h4-8,14-15,17-19,27,29-30H,9-10H2,1-3H3,(H,24,28)(H4,22,23,25)/t14-,15+,17+,18+,19+/m0/s1. The number of carbonyl (C=O) groups is 2. The number of guanidine groups is 1. The summed E-state index contributed by atoms with van der Waals surface area (Å²) >= 11 is 0. The fraction of sp³-hybridized carbons (Fsp3) is 0.476. The highest BCUT2D eigenvalue weighted by atomic mass is 16.5. The molecule has 0 fully saturated rings. The van der Waals surface area contributed by atoms with Gasteiger partial charge in [0.1, 0.15) is 18.3 Å². The molecule has 0 radical (unpaired) electrons. The van der Waals surface area contributed by atoms with Gasteiger partial charge in [-0.3, -0.25) is 9.59 Å². The van der Waals surface area contributed by atoms with E-state index in [1.807, 2.05) is 31.2 Å². The molecule has 2 rings (SSSR count). The lowest BCUT2D eigenvalue weighted by Crippen LogP contribution is -2.60. The maximum absolute atomic E-state index is 13.1. The largest absolute Gasteiger partial charge is 0.480 e. The Balaban J connectivity index is 2.37. The zero-order chi connectivity index (χ0) is 24.0. The van der Waals surface area contributed by atoms with Crippen molar-refractivity contribution in [2.24, 2.45) is 16.5 Å². The summed E-state index contributed by atoms with van der Waals surface area (Å²) < 4.78 is 5.72. The molecule has 5 atom stereocenters. The Kier molecular flexibility index (Phi) is 8.58. The molecule has 32 heavy (non-hydrogen) atoms. The highest BCUT2D eigenvalue weighted by Crippen LogP contribution is 2.26. The number of hydrogen-bond donors (Lipinski definition) is 6. The second-order valence-corrected chi connectivity index (χ2v) is 7.77. The average molecular weight is 450 g/mol. The summed E-state index contributed by atoms with van der Waals surface area (Å²) in [4.78, 5) is 30.3. The molecule has 11 nitrogen and oxygen atoms in total. The van der Waals surface area contributed by atoms with E-state index in [0.29, 0.717) is 0 Å². The molecule has 8 N–H and O–H groups in total. The average Bonchev–Trinajstić information content (AvgIpc) is 2.74. The number of benzene rings is 1. The Hall–Kier alpha value is -3.15. The van der Waals surface area contributed by atoms with Gasteiger partial charge in [-0.2, -0.15) is 0 Å². The van der Waals surface area contributed by atoms with Crippen molar-refractivity contribution in [1.29, 1.82) is 0 Å². The number of nitrogens with two attached hydrogens (primary N) is 2. The summed E-state index contributed by atoms with van der Waals surface area (Å²) in [6.45, 7) is 2.73. The Bertz CT molecular complexity index is 868. The maximum atomic E-state index is 13.1. The third kappa shape index (κ3) is 6.42. The molecule has 0 unspecified atom stereocenters. The maximum Gasteiger partial charge on any atom is 0.288 e. The van der Waals surface area contributed by atoms with Gasteiger partial charge in [0.2, 0.25) is 5.91 Å². The Morgan fingerprint density at radius 2 is 1.88 bits per heavy atom. The number of aliphatic imine (C=N–C) groups is 1. The van der Waals surface area contributed by atoms with Gasteiger partial charge in [-0.15, -0.1) is 0 Å². The van der Waals surface area contributed by atoms with Crippen molar-refractivity contribution in [2.75, 3.05) is 13.7 Å². The molecule has 1 aliphatic rings. The van der Waals surface area contributed by atoms with Crippen molar-refractivity contribution in [2.45, 2.75) is 50.8 Å². The molecule has 0 saturated carbocycles. The van der Waals surface area contributed by atoms with Crippen LogP contribution in [0.15, 0.2) is 41.1 Å². The molecule has 0 aliphatic carbocycles. The minimum atomic E-state index is -1.65. The van der Waals surface area contributed by atoms with Gasteiger partial charge in [-0.05, 0) is 18.6 Å². The molecule has 0 bridgehead atoms. The van der Waals surface area contributed by atoms with Gasteiger partial charge < -0.3 is 41.7 Å². The predicted molar refractivity (Wildman–Crippen MR) is 117 cm³/mol. The van der Waals surface area contributed by atoms with Crippen LogP contribution in [0.5, 0.6) is 0 Å². The van der Waals surface area contributed by atoms with Crippen LogP contribution in [0, 0.1) is 6.92 Å². The quantitative estimate of drug-likeness (QED) is 0.196. The molecule has 0 aromatic heterocycles. The van der Waals surface area contributed by atoms with Crippen LogP contribution in [-0.4, -0.2) is 82.0 Å². The van der Waals surface area contributed by atoms with E-state index in [4.69, 9.17) is 16.2 Å². The number of nitrogens with zero attached hydrogens (tertiary/aromatic N) is 2. The monoisotopic (exact) mass is 449 g/mol. The molecular weight excluding hydrogens is 418 g/mol. The summed E-state index contributed by atoms with van der Waals surface area (Å²) in [5.41, 5.74) is 13.0. The molecule has 0 saturated heterocycles. The molecule has 176 valence electrons. The molecule has 1 aromatic rings. The summed E-state index contributed by atoms with van der Waals surface area (Å²) in [7, 11) is 1.58. The Morgan fingerprint density at radius 1 is 1.25 bits per heavy atom. The van der Waals surface area contributed by atoms with Gasteiger partial charge in [0.25, 0.3) is 5.91 Å². The SMILES string of the molecule is CC(=O)N[C@H]1[C@H]([C@H](O)[C@H](O)CO)OC(C(=O)N(C)Cc2ccc(C)cc2)=C[C@@H]1N=C(N)N. The van der Waals surface area contributed by atoms with Crippen molar-refractivity contribution in [3.8, 4) is 0 Å². The van der Waals surface area contributed by atoms with E-state index in [2.05, 4.69) is 10.3 Å². The molecule has 11 heteroatoms. The van der Waals surface area contributed by atoms with Gasteiger partial charge in [0.15, 0.2) is 11.7 Å². The van der Waals surface area contributed by atoms with Crippen molar-refractivity contribution >= 4 is 17.8 Å². The summed E-state index contributed by atoms with van der Waals surface area (Å²) in [6.07, 6.45) is -3.20. The third-order valence-corrected chi connectivity index (χ3v) is 4.99. The van der Waals surface area contributed by atoms with Gasteiger partial charge in [0, 0.05) is 20.5 Å². The van der Waals surface area contributed by atoms with Gasteiger partial charge in [0.05, 0.1) is 18.7 Å².